The number of hydrogen-bond donors (Lipinski definition) is 3. The van der Waals surface area contributed by atoms with E-state index in [4.69, 9.17) is 17.0 Å². The van der Waals surface area contributed by atoms with Gasteiger partial charge < -0.3 is 4.74 Å². The largest absolute Gasteiger partial charge is 0.492 e. The predicted molar refractivity (Wildman–Crippen MR) is 120 cm³/mol. The zero-order valence-corrected chi connectivity index (χ0v) is 17.7. The molecule has 7 heteroatoms. The monoisotopic (exact) mass is 425 g/mol. The van der Waals surface area contributed by atoms with Crippen LogP contribution in [0.3, 0.4) is 0 Å². The molecule has 30 heavy (non-hydrogen) atoms. The van der Waals surface area contributed by atoms with E-state index >= 15 is 0 Å². The average molecular weight is 426 g/mol. The zero-order chi connectivity index (χ0) is 21.2. The summed E-state index contributed by atoms with van der Waals surface area (Å²) in [5.74, 6) is 0.00846. The molecule has 0 atom stereocenters. The zero-order valence-electron chi connectivity index (χ0n) is 16.9. The summed E-state index contributed by atoms with van der Waals surface area (Å²) in [7, 11) is 0. The summed E-state index contributed by atoms with van der Waals surface area (Å²) in [6.07, 6.45) is 5.84. The summed E-state index contributed by atoms with van der Waals surface area (Å²) in [6, 6.07) is 17.0. The molecule has 6 nitrogen and oxygen atoms in total. The maximum absolute atomic E-state index is 12.6. The van der Waals surface area contributed by atoms with Crippen LogP contribution in [0.15, 0.2) is 54.6 Å². The molecule has 1 fully saturated rings. The van der Waals surface area contributed by atoms with Crippen LogP contribution in [0.2, 0.25) is 0 Å². The molecule has 2 amide bonds. The molecule has 0 unspecified atom stereocenters. The van der Waals surface area contributed by atoms with E-state index in [-0.39, 0.29) is 16.9 Å². The second-order valence-electron chi connectivity index (χ2n) is 7.31. The summed E-state index contributed by atoms with van der Waals surface area (Å²) in [4.78, 5) is 24.8. The molecule has 2 aromatic carbocycles. The molecule has 3 rings (SSSR count). The third-order valence-electron chi connectivity index (χ3n) is 5.13. The van der Waals surface area contributed by atoms with Gasteiger partial charge in [0.15, 0.2) is 5.11 Å². The summed E-state index contributed by atoms with van der Waals surface area (Å²) in [5, 5.41) is 2.63. The van der Waals surface area contributed by atoms with Crippen LogP contribution in [0.5, 0.6) is 5.75 Å². The molecule has 1 aliphatic carbocycles. The molecule has 0 aliphatic heterocycles. The van der Waals surface area contributed by atoms with Crippen LogP contribution >= 0.6 is 12.2 Å². The first-order valence-electron chi connectivity index (χ1n) is 10.3. The van der Waals surface area contributed by atoms with Crippen molar-refractivity contribution in [2.75, 3.05) is 6.61 Å². The Morgan fingerprint density at radius 2 is 1.63 bits per heavy atom. The number of carbonyl (C=O) groups excluding carboxylic acids is 2. The van der Waals surface area contributed by atoms with Crippen molar-refractivity contribution in [2.24, 2.45) is 5.92 Å². The van der Waals surface area contributed by atoms with E-state index in [0.717, 1.165) is 32.1 Å². The number of nitrogens with one attached hydrogen (secondary N) is 3. The Labute approximate surface area is 182 Å². The van der Waals surface area contributed by atoms with Crippen molar-refractivity contribution in [1.29, 1.82) is 0 Å². The minimum Gasteiger partial charge on any atom is -0.492 e. The molecule has 1 saturated carbocycles. The number of rotatable bonds is 6. The van der Waals surface area contributed by atoms with Gasteiger partial charge in [0.25, 0.3) is 5.91 Å². The molecule has 0 aromatic heterocycles. The van der Waals surface area contributed by atoms with Crippen molar-refractivity contribution in [3.63, 3.8) is 0 Å². The minimum atomic E-state index is -0.394. The Morgan fingerprint density at radius 1 is 0.933 bits per heavy atom. The van der Waals surface area contributed by atoms with Gasteiger partial charge in [-0.1, -0.05) is 61.7 Å². The fourth-order valence-electron chi connectivity index (χ4n) is 3.49. The third-order valence-corrected chi connectivity index (χ3v) is 5.33. The summed E-state index contributed by atoms with van der Waals surface area (Å²) in [6.45, 7) is 0.453. The standard InChI is InChI=1S/C23H27N3O3S/c27-21(18-11-5-2-6-12-18)25-26-23(30)24-22(28)19-13-7-8-14-20(19)29-16-15-17-9-3-1-4-10-17/h1,3-4,7-10,13-14,18H,2,5-6,11-12,15-16H2,(H,25,27)(H2,24,26,28,30). The maximum Gasteiger partial charge on any atom is 0.261 e. The van der Waals surface area contributed by atoms with Crippen molar-refractivity contribution in [3.05, 3.63) is 65.7 Å². The van der Waals surface area contributed by atoms with Gasteiger partial charge in [-0.15, -0.1) is 0 Å². The van der Waals surface area contributed by atoms with Crippen LogP contribution in [-0.4, -0.2) is 23.5 Å². The Bertz CT molecular complexity index is 867. The highest BCUT2D eigenvalue weighted by Gasteiger charge is 2.21. The van der Waals surface area contributed by atoms with E-state index in [1.54, 1.807) is 18.2 Å². The molecule has 3 N–H and O–H groups in total. The van der Waals surface area contributed by atoms with Crippen LogP contribution in [0.4, 0.5) is 0 Å². The second kappa shape index (κ2) is 11.3. The van der Waals surface area contributed by atoms with Gasteiger partial charge in [0.1, 0.15) is 5.75 Å². The number of benzene rings is 2. The molecule has 0 spiro atoms. The molecule has 158 valence electrons. The van der Waals surface area contributed by atoms with Crippen LogP contribution < -0.4 is 20.9 Å². The van der Waals surface area contributed by atoms with Gasteiger partial charge in [-0.05, 0) is 42.8 Å². The first-order chi connectivity index (χ1) is 14.6. The lowest BCUT2D eigenvalue weighted by Crippen LogP contribution is -2.50. The molecule has 0 bridgehead atoms. The molecule has 1 aliphatic rings. The maximum atomic E-state index is 12.6. The lowest BCUT2D eigenvalue weighted by Gasteiger charge is -2.21. The Balaban J connectivity index is 1.48. The molecule has 0 radical (unpaired) electrons. The lowest BCUT2D eigenvalue weighted by atomic mass is 9.89. The molecular weight excluding hydrogens is 398 g/mol. The fourth-order valence-corrected chi connectivity index (χ4v) is 3.63. The highest BCUT2D eigenvalue weighted by molar-refractivity contribution is 7.80. The van der Waals surface area contributed by atoms with E-state index < -0.39 is 5.91 Å². The van der Waals surface area contributed by atoms with Crippen molar-refractivity contribution in [2.45, 2.75) is 38.5 Å². The first kappa shape index (κ1) is 21.8. The summed E-state index contributed by atoms with van der Waals surface area (Å²) >= 11 is 5.15. The van der Waals surface area contributed by atoms with Crippen molar-refractivity contribution in [3.8, 4) is 5.75 Å². The van der Waals surface area contributed by atoms with Crippen molar-refractivity contribution >= 4 is 29.1 Å². The number of ether oxygens (including phenoxy) is 1. The number of carbonyl (C=O) groups is 2. The number of hydrogen-bond acceptors (Lipinski definition) is 4. The molecular formula is C23H27N3O3S. The minimum absolute atomic E-state index is 0.00323. The fraction of sp³-hybridized carbons (Fsp3) is 0.348. The van der Waals surface area contributed by atoms with Crippen molar-refractivity contribution < 1.29 is 14.3 Å². The molecule has 0 heterocycles. The van der Waals surface area contributed by atoms with Gasteiger partial charge in [-0.25, -0.2) is 0 Å². The quantitative estimate of drug-likeness (QED) is 0.487. The van der Waals surface area contributed by atoms with Gasteiger partial charge in [-0.2, -0.15) is 0 Å². The average Bonchev–Trinajstić information content (AvgIpc) is 2.79. The van der Waals surface area contributed by atoms with Gasteiger partial charge in [0, 0.05) is 12.3 Å². The van der Waals surface area contributed by atoms with Crippen LogP contribution in [0.25, 0.3) is 0 Å². The van der Waals surface area contributed by atoms with E-state index in [0.29, 0.717) is 17.9 Å². The van der Waals surface area contributed by atoms with E-state index in [2.05, 4.69) is 16.2 Å². The Morgan fingerprint density at radius 3 is 2.40 bits per heavy atom. The first-order valence-corrected chi connectivity index (χ1v) is 10.7. The van der Waals surface area contributed by atoms with Crippen LogP contribution in [0.1, 0.15) is 48.0 Å². The van der Waals surface area contributed by atoms with E-state index in [9.17, 15) is 9.59 Å². The lowest BCUT2D eigenvalue weighted by molar-refractivity contribution is -0.126. The smallest absolute Gasteiger partial charge is 0.261 e. The Kier molecular flexibility index (Phi) is 8.20. The predicted octanol–water partition coefficient (Wildman–Crippen LogP) is 3.52. The topological polar surface area (TPSA) is 79.5 Å². The van der Waals surface area contributed by atoms with E-state index in [1.165, 1.54) is 12.0 Å². The number of amides is 2. The number of hydrazine groups is 1. The Hall–Kier alpha value is -2.93. The highest BCUT2D eigenvalue weighted by atomic mass is 32.1. The highest BCUT2D eigenvalue weighted by Crippen LogP contribution is 2.23. The van der Waals surface area contributed by atoms with Crippen LogP contribution in [0, 0.1) is 5.92 Å². The molecule has 0 saturated heterocycles. The number of thiocarbonyl (C=S) groups is 1. The van der Waals surface area contributed by atoms with Gasteiger partial charge >= 0.3 is 0 Å². The normalized spacial score (nSPS) is 13.9. The van der Waals surface area contributed by atoms with E-state index in [1.807, 2.05) is 36.4 Å². The SMILES string of the molecule is O=C(NC(=S)NNC(=O)C1CCCCC1)c1ccccc1OCCc1ccccc1. The third kappa shape index (κ3) is 6.56. The van der Waals surface area contributed by atoms with Gasteiger partial charge in [0.05, 0.1) is 12.2 Å². The molecule has 2 aromatic rings. The van der Waals surface area contributed by atoms with Gasteiger partial charge in [-0.3, -0.25) is 25.8 Å². The number of para-hydroxylation sites is 1. The van der Waals surface area contributed by atoms with Crippen LogP contribution in [-0.2, 0) is 11.2 Å². The summed E-state index contributed by atoms with van der Waals surface area (Å²) in [5.41, 5.74) is 6.77. The summed E-state index contributed by atoms with van der Waals surface area (Å²) < 4.78 is 5.83. The van der Waals surface area contributed by atoms with Crippen molar-refractivity contribution in [1.82, 2.24) is 16.2 Å². The van der Waals surface area contributed by atoms with Gasteiger partial charge in [0.2, 0.25) is 5.91 Å². The second-order valence-corrected chi connectivity index (χ2v) is 7.72.